The first kappa shape index (κ1) is 19.8. The van der Waals surface area contributed by atoms with Crippen molar-refractivity contribution in [3.05, 3.63) is 35.2 Å². The van der Waals surface area contributed by atoms with Crippen molar-refractivity contribution in [3.8, 4) is 11.5 Å². The van der Waals surface area contributed by atoms with Gasteiger partial charge in [-0.15, -0.1) is 10.2 Å². The normalized spacial score (nSPS) is 15.8. The summed E-state index contributed by atoms with van der Waals surface area (Å²) in [6.07, 6.45) is 3.20. The van der Waals surface area contributed by atoms with Gasteiger partial charge in [0.25, 0.3) is 0 Å². The van der Waals surface area contributed by atoms with Gasteiger partial charge in [-0.2, -0.15) is 0 Å². The summed E-state index contributed by atoms with van der Waals surface area (Å²) in [4.78, 5) is 16.8. The van der Waals surface area contributed by atoms with E-state index in [4.69, 9.17) is 16.0 Å². The molecular formula is C20H27ClN4O2. The molecule has 0 spiro atoms. The van der Waals surface area contributed by atoms with Crippen molar-refractivity contribution in [2.24, 2.45) is 5.92 Å². The first-order valence-corrected chi connectivity index (χ1v) is 10.0. The lowest BCUT2D eigenvalue weighted by atomic mass is 9.99. The van der Waals surface area contributed by atoms with Crippen molar-refractivity contribution < 1.29 is 9.21 Å². The van der Waals surface area contributed by atoms with Crippen molar-refractivity contribution in [1.29, 1.82) is 0 Å². The molecule has 0 atom stereocenters. The molecule has 1 aromatic carbocycles. The molecule has 6 nitrogen and oxygen atoms in total. The Labute approximate surface area is 165 Å². The van der Waals surface area contributed by atoms with Crippen LogP contribution in [-0.2, 0) is 11.3 Å². The van der Waals surface area contributed by atoms with E-state index >= 15 is 0 Å². The van der Waals surface area contributed by atoms with Crippen LogP contribution in [0.25, 0.3) is 11.5 Å². The van der Waals surface area contributed by atoms with Gasteiger partial charge in [-0.05, 0) is 50.4 Å². The average molecular weight is 391 g/mol. The van der Waals surface area contributed by atoms with Crippen molar-refractivity contribution in [2.45, 2.75) is 39.7 Å². The van der Waals surface area contributed by atoms with E-state index in [1.54, 1.807) is 6.07 Å². The number of rotatable bonds is 7. The molecule has 0 radical (unpaired) electrons. The van der Waals surface area contributed by atoms with Gasteiger partial charge in [-0.1, -0.05) is 37.6 Å². The molecule has 1 saturated heterocycles. The molecule has 1 aromatic heterocycles. The molecule has 7 heteroatoms. The predicted molar refractivity (Wildman–Crippen MR) is 105 cm³/mol. The largest absolute Gasteiger partial charge is 0.419 e. The number of piperidine rings is 1. The standard InChI is InChI=1S/C20H27ClN4O2/c1-3-10-25(19(26)14-24-11-8-15(2)9-12-24)13-18-22-23-20(27-18)16-6-4-5-7-17(16)21/h4-7,15H,3,8-14H2,1-2H3. The first-order valence-electron chi connectivity index (χ1n) is 9.64. The van der Waals surface area contributed by atoms with Crippen LogP contribution in [0.1, 0.15) is 39.0 Å². The van der Waals surface area contributed by atoms with Crippen LogP contribution >= 0.6 is 11.6 Å². The first-order chi connectivity index (χ1) is 13.1. The van der Waals surface area contributed by atoms with Gasteiger partial charge in [0.1, 0.15) is 0 Å². The van der Waals surface area contributed by atoms with Gasteiger partial charge < -0.3 is 9.32 Å². The molecular weight excluding hydrogens is 364 g/mol. The Bertz CT molecular complexity index is 756. The number of likely N-dealkylation sites (tertiary alicyclic amines) is 1. The Balaban J connectivity index is 1.64. The van der Waals surface area contributed by atoms with Crippen LogP contribution in [-0.4, -0.2) is 52.1 Å². The summed E-state index contributed by atoms with van der Waals surface area (Å²) >= 11 is 6.19. The Morgan fingerprint density at radius 1 is 1.30 bits per heavy atom. The molecule has 0 N–H and O–H groups in total. The summed E-state index contributed by atoms with van der Waals surface area (Å²) in [6.45, 7) is 7.77. The second kappa shape index (κ2) is 9.33. The SMILES string of the molecule is CCCN(Cc1nnc(-c2ccccc2Cl)o1)C(=O)CN1CCC(C)CC1. The lowest BCUT2D eigenvalue weighted by Gasteiger charge is -2.31. The van der Waals surface area contributed by atoms with E-state index in [1.807, 2.05) is 23.1 Å². The van der Waals surface area contributed by atoms with Crippen molar-refractivity contribution in [1.82, 2.24) is 20.0 Å². The number of carbonyl (C=O) groups is 1. The van der Waals surface area contributed by atoms with Gasteiger partial charge >= 0.3 is 0 Å². The van der Waals surface area contributed by atoms with Gasteiger partial charge in [-0.3, -0.25) is 9.69 Å². The zero-order valence-electron chi connectivity index (χ0n) is 16.0. The lowest BCUT2D eigenvalue weighted by molar-refractivity contribution is -0.133. The molecule has 3 rings (SSSR count). The molecule has 0 aliphatic carbocycles. The molecule has 1 aliphatic heterocycles. The monoisotopic (exact) mass is 390 g/mol. The number of halogens is 1. The third-order valence-corrected chi connectivity index (χ3v) is 5.31. The Hall–Kier alpha value is -1.92. The summed E-state index contributed by atoms with van der Waals surface area (Å²) in [7, 11) is 0. The van der Waals surface area contributed by atoms with Gasteiger partial charge in [0.15, 0.2) is 0 Å². The van der Waals surface area contributed by atoms with E-state index in [2.05, 4.69) is 28.9 Å². The van der Waals surface area contributed by atoms with Crippen LogP contribution in [0.15, 0.2) is 28.7 Å². The maximum atomic E-state index is 12.8. The highest BCUT2D eigenvalue weighted by Crippen LogP contribution is 2.26. The van der Waals surface area contributed by atoms with E-state index in [-0.39, 0.29) is 5.91 Å². The summed E-state index contributed by atoms with van der Waals surface area (Å²) in [5, 5.41) is 8.77. The fraction of sp³-hybridized carbons (Fsp3) is 0.550. The third-order valence-electron chi connectivity index (χ3n) is 4.98. The number of benzene rings is 1. The zero-order chi connectivity index (χ0) is 19.2. The van der Waals surface area contributed by atoms with E-state index < -0.39 is 0 Å². The molecule has 0 bridgehead atoms. The fourth-order valence-corrected chi connectivity index (χ4v) is 3.51. The molecule has 2 heterocycles. The number of amides is 1. The van der Waals surface area contributed by atoms with Gasteiger partial charge in [0.2, 0.25) is 17.7 Å². The van der Waals surface area contributed by atoms with E-state index in [0.717, 1.165) is 38.3 Å². The molecule has 2 aromatic rings. The lowest BCUT2D eigenvalue weighted by Crippen LogP contribution is -2.43. The van der Waals surface area contributed by atoms with E-state index in [9.17, 15) is 4.79 Å². The van der Waals surface area contributed by atoms with Crippen LogP contribution < -0.4 is 0 Å². The van der Waals surface area contributed by atoms with Crippen molar-refractivity contribution in [3.63, 3.8) is 0 Å². The van der Waals surface area contributed by atoms with Crippen molar-refractivity contribution >= 4 is 17.5 Å². The second-order valence-electron chi connectivity index (χ2n) is 7.25. The summed E-state index contributed by atoms with van der Waals surface area (Å²) in [6, 6.07) is 7.35. The average Bonchev–Trinajstić information content (AvgIpc) is 3.12. The topological polar surface area (TPSA) is 62.5 Å². The third kappa shape index (κ3) is 5.30. The number of carbonyl (C=O) groups excluding carboxylic acids is 1. The number of aromatic nitrogens is 2. The van der Waals surface area contributed by atoms with Crippen LogP contribution in [0.3, 0.4) is 0 Å². The van der Waals surface area contributed by atoms with E-state index in [1.165, 1.54) is 0 Å². The molecule has 0 unspecified atom stereocenters. The Kier molecular flexibility index (Phi) is 6.85. The predicted octanol–water partition coefficient (Wildman–Crippen LogP) is 3.86. The van der Waals surface area contributed by atoms with E-state index in [0.29, 0.717) is 42.0 Å². The summed E-state index contributed by atoms with van der Waals surface area (Å²) in [5.41, 5.74) is 0.703. The summed E-state index contributed by atoms with van der Waals surface area (Å²) in [5.74, 6) is 1.68. The second-order valence-corrected chi connectivity index (χ2v) is 7.66. The Morgan fingerprint density at radius 3 is 2.74 bits per heavy atom. The smallest absolute Gasteiger partial charge is 0.249 e. The number of hydrogen-bond donors (Lipinski definition) is 0. The molecule has 27 heavy (non-hydrogen) atoms. The molecule has 1 aliphatic rings. The van der Waals surface area contributed by atoms with Crippen LogP contribution in [0, 0.1) is 5.92 Å². The minimum absolute atomic E-state index is 0.115. The minimum Gasteiger partial charge on any atom is -0.419 e. The Morgan fingerprint density at radius 2 is 2.04 bits per heavy atom. The van der Waals surface area contributed by atoms with Crippen LogP contribution in [0.5, 0.6) is 0 Å². The maximum absolute atomic E-state index is 12.8. The highest BCUT2D eigenvalue weighted by molar-refractivity contribution is 6.33. The minimum atomic E-state index is 0.115. The quantitative estimate of drug-likeness (QED) is 0.718. The van der Waals surface area contributed by atoms with Gasteiger partial charge in [-0.25, -0.2) is 0 Å². The van der Waals surface area contributed by atoms with Gasteiger partial charge in [0, 0.05) is 6.54 Å². The molecule has 0 saturated carbocycles. The van der Waals surface area contributed by atoms with Crippen molar-refractivity contribution in [2.75, 3.05) is 26.2 Å². The molecule has 146 valence electrons. The highest BCUT2D eigenvalue weighted by atomic mass is 35.5. The zero-order valence-corrected chi connectivity index (χ0v) is 16.8. The maximum Gasteiger partial charge on any atom is 0.249 e. The molecule has 1 fully saturated rings. The van der Waals surface area contributed by atoms with Gasteiger partial charge in [0.05, 0.1) is 23.7 Å². The van der Waals surface area contributed by atoms with Crippen LogP contribution in [0.4, 0.5) is 0 Å². The highest BCUT2D eigenvalue weighted by Gasteiger charge is 2.22. The number of hydrogen-bond acceptors (Lipinski definition) is 5. The molecule has 1 amide bonds. The number of nitrogens with zero attached hydrogens (tertiary/aromatic N) is 4. The fourth-order valence-electron chi connectivity index (χ4n) is 3.30. The summed E-state index contributed by atoms with van der Waals surface area (Å²) < 4.78 is 5.77. The van der Waals surface area contributed by atoms with Crippen LogP contribution in [0.2, 0.25) is 5.02 Å².